The second-order valence-corrected chi connectivity index (χ2v) is 5.97. The minimum Gasteiger partial charge on any atom is -0.381 e. The van der Waals surface area contributed by atoms with E-state index in [1.165, 1.54) is 0 Å². The predicted molar refractivity (Wildman–Crippen MR) is 122 cm³/mol. The van der Waals surface area contributed by atoms with Crippen molar-refractivity contribution in [3.63, 3.8) is 0 Å². The van der Waals surface area contributed by atoms with Crippen molar-refractivity contribution in [2.45, 2.75) is 46.5 Å². The third-order valence-corrected chi connectivity index (χ3v) is 3.50. The normalized spacial score (nSPS) is 10.9. The molecule has 0 aliphatic carbocycles. The van der Waals surface area contributed by atoms with E-state index in [0.29, 0.717) is 25.3 Å². The fourth-order valence-corrected chi connectivity index (χ4v) is 2.16. The molecule has 0 radical (unpaired) electrons. The Morgan fingerprint density at radius 1 is 1.19 bits per heavy atom. The highest BCUT2D eigenvalue weighted by Crippen LogP contribution is 2.03. The molecule has 3 N–H and O–H groups in total. The smallest absolute Gasteiger partial charge is 0.227 e. The van der Waals surface area contributed by atoms with Crippen LogP contribution in [0, 0.1) is 6.92 Å². The highest BCUT2D eigenvalue weighted by molar-refractivity contribution is 14.0. The highest BCUT2D eigenvalue weighted by Gasteiger charge is 2.04. The van der Waals surface area contributed by atoms with Crippen LogP contribution in [0.1, 0.15) is 45.2 Å². The molecule has 154 valence electrons. The number of amides is 1. The number of nitrogens with one attached hydrogen (secondary N) is 3. The van der Waals surface area contributed by atoms with Crippen LogP contribution in [0.2, 0.25) is 0 Å². The van der Waals surface area contributed by atoms with Crippen LogP contribution in [-0.2, 0) is 9.53 Å². The van der Waals surface area contributed by atoms with Gasteiger partial charge in [0.1, 0.15) is 5.82 Å². The fraction of sp³-hybridized carbons (Fsp3) is 0.632. The number of hydrogen-bond acceptors (Lipinski definition) is 4. The minimum atomic E-state index is -0.0734. The van der Waals surface area contributed by atoms with Gasteiger partial charge in [0.25, 0.3) is 0 Å². The third-order valence-electron chi connectivity index (χ3n) is 3.50. The summed E-state index contributed by atoms with van der Waals surface area (Å²) in [5.74, 6) is 1.23. The standard InChI is InChI=1S/C19H33N5O2.HI/c1-4-6-14-26-15-8-12-21-19(20-5-2)22-13-11-18(25)24-17-10-7-9-16(3)23-17;/h7,9-10H,4-6,8,11-15H2,1-3H3,(H2,20,21,22)(H,23,24,25);1H. The topological polar surface area (TPSA) is 87.6 Å². The zero-order valence-electron chi connectivity index (χ0n) is 16.7. The lowest BCUT2D eigenvalue weighted by molar-refractivity contribution is -0.116. The minimum absolute atomic E-state index is 0. The highest BCUT2D eigenvalue weighted by atomic mass is 127. The summed E-state index contributed by atoms with van der Waals surface area (Å²) in [6.45, 7) is 9.60. The molecule has 7 nitrogen and oxygen atoms in total. The molecule has 1 aromatic rings. The van der Waals surface area contributed by atoms with Crippen LogP contribution in [0.4, 0.5) is 5.82 Å². The molecular formula is C19H34IN5O2. The van der Waals surface area contributed by atoms with Gasteiger partial charge in [-0.2, -0.15) is 0 Å². The zero-order valence-corrected chi connectivity index (χ0v) is 19.0. The summed E-state index contributed by atoms with van der Waals surface area (Å²) in [4.78, 5) is 20.7. The third kappa shape index (κ3) is 13.4. The van der Waals surface area contributed by atoms with Gasteiger partial charge in [-0.15, -0.1) is 24.0 Å². The Labute approximate surface area is 180 Å². The largest absolute Gasteiger partial charge is 0.381 e. The van der Waals surface area contributed by atoms with Crippen LogP contribution in [0.3, 0.4) is 0 Å². The number of halogens is 1. The van der Waals surface area contributed by atoms with E-state index in [0.717, 1.165) is 50.7 Å². The maximum atomic E-state index is 12.0. The summed E-state index contributed by atoms with van der Waals surface area (Å²) in [5, 5.41) is 9.15. The Morgan fingerprint density at radius 2 is 1.96 bits per heavy atom. The van der Waals surface area contributed by atoms with Gasteiger partial charge in [0.05, 0.1) is 0 Å². The van der Waals surface area contributed by atoms with Gasteiger partial charge in [0.15, 0.2) is 5.96 Å². The maximum absolute atomic E-state index is 12.0. The van der Waals surface area contributed by atoms with Gasteiger partial charge in [0.2, 0.25) is 5.91 Å². The summed E-state index contributed by atoms with van der Waals surface area (Å²) in [5.41, 5.74) is 0.876. The van der Waals surface area contributed by atoms with Gasteiger partial charge in [-0.05, 0) is 38.8 Å². The first-order chi connectivity index (χ1) is 12.7. The van der Waals surface area contributed by atoms with Crippen LogP contribution < -0.4 is 16.0 Å². The lowest BCUT2D eigenvalue weighted by atomic mass is 10.3. The predicted octanol–water partition coefficient (Wildman–Crippen LogP) is 3.10. The van der Waals surface area contributed by atoms with Crippen LogP contribution in [-0.4, -0.2) is 49.7 Å². The molecule has 0 aliphatic rings. The van der Waals surface area contributed by atoms with Crippen molar-refractivity contribution in [2.24, 2.45) is 4.99 Å². The Bertz CT molecular complexity index is 555. The zero-order chi connectivity index (χ0) is 19.0. The van der Waals surface area contributed by atoms with Crippen molar-refractivity contribution in [3.05, 3.63) is 23.9 Å². The van der Waals surface area contributed by atoms with Gasteiger partial charge in [-0.1, -0.05) is 19.4 Å². The monoisotopic (exact) mass is 491 g/mol. The molecule has 27 heavy (non-hydrogen) atoms. The van der Waals surface area contributed by atoms with Crippen molar-refractivity contribution in [1.82, 2.24) is 15.6 Å². The Kier molecular flexibility index (Phi) is 15.9. The number of nitrogens with zero attached hydrogens (tertiary/aromatic N) is 2. The number of ether oxygens (including phenoxy) is 1. The lowest BCUT2D eigenvalue weighted by Crippen LogP contribution is -2.38. The summed E-state index contributed by atoms with van der Waals surface area (Å²) in [6.07, 6.45) is 3.49. The fourth-order valence-electron chi connectivity index (χ4n) is 2.16. The summed E-state index contributed by atoms with van der Waals surface area (Å²) in [7, 11) is 0. The first kappa shape index (κ1) is 25.6. The first-order valence-corrected chi connectivity index (χ1v) is 9.49. The molecule has 0 saturated heterocycles. The molecule has 1 aromatic heterocycles. The van der Waals surface area contributed by atoms with Gasteiger partial charge in [0, 0.05) is 45.0 Å². The van der Waals surface area contributed by atoms with Crippen molar-refractivity contribution in [1.29, 1.82) is 0 Å². The molecule has 0 aliphatic heterocycles. The van der Waals surface area contributed by atoms with Crippen LogP contribution >= 0.6 is 24.0 Å². The van der Waals surface area contributed by atoms with E-state index >= 15 is 0 Å². The van der Waals surface area contributed by atoms with E-state index in [1.54, 1.807) is 6.07 Å². The maximum Gasteiger partial charge on any atom is 0.227 e. The van der Waals surface area contributed by atoms with Gasteiger partial charge in [-0.25, -0.2) is 4.98 Å². The molecule has 0 fully saturated rings. The van der Waals surface area contributed by atoms with E-state index in [2.05, 4.69) is 32.9 Å². The average Bonchev–Trinajstić information content (AvgIpc) is 2.61. The van der Waals surface area contributed by atoms with Crippen molar-refractivity contribution >= 4 is 41.7 Å². The number of unbranched alkanes of at least 4 members (excludes halogenated alkanes) is 1. The van der Waals surface area contributed by atoms with E-state index in [4.69, 9.17) is 4.74 Å². The van der Waals surface area contributed by atoms with Gasteiger partial charge in [-0.3, -0.25) is 9.79 Å². The molecule has 0 aromatic carbocycles. The molecule has 0 unspecified atom stereocenters. The molecule has 1 rings (SSSR count). The number of anilines is 1. The lowest BCUT2D eigenvalue weighted by Gasteiger charge is -2.11. The molecule has 0 bridgehead atoms. The number of aryl methyl sites for hydroxylation is 1. The van der Waals surface area contributed by atoms with E-state index in [-0.39, 0.29) is 29.9 Å². The molecular weight excluding hydrogens is 457 g/mol. The number of carbonyl (C=O) groups is 1. The number of guanidine groups is 1. The van der Waals surface area contributed by atoms with E-state index < -0.39 is 0 Å². The number of pyridine rings is 1. The average molecular weight is 491 g/mol. The number of aromatic nitrogens is 1. The molecule has 0 saturated carbocycles. The molecule has 8 heteroatoms. The Hall–Kier alpha value is -1.42. The van der Waals surface area contributed by atoms with Crippen LogP contribution in [0.25, 0.3) is 0 Å². The molecule has 0 atom stereocenters. The van der Waals surface area contributed by atoms with Gasteiger partial charge < -0.3 is 20.7 Å². The quantitative estimate of drug-likeness (QED) is 0.181. The summed E-state index contributed by atoms with van der Waals surface area (Å²) in [6, 6.07) is 5.55. The summed E-state index contributed by atoms with van der Waals surface area (Å²) >= 11 is 0. The second kappa shape index (κ2) is 16.7. The number of hydrogen-bond donors (Lipinski definition) is 3. The SMILES string of the molecule is CCCCOCCCN=C(NCC)NCCC(=O)Nc1cccc(C)n1.I. The number of carbonyl (C=O) groups excluding carboxylic acids is 1. The van der Waals surface area contributed by atoms with Crippen LogP contribution in [0.15, 0.2) is 23.2 Å². The Morgan fingerprint density at radius 3 is 2.67 bits per heavy atom. The Balaban J connectivity index is 0.00000676. The van der Waals surface area contributed by atoms with Crippen molar-refractivity contribution < 1.29 is 9.53 Å². The number of rotatable bonds is 12. The van der Waals surface area contributed by atoms with Crippen molar-refractivity contribution in [3.8, 4) is 0 Å². The van der Waals surface area contributed by atoms with Crippen LogP contribution in [0.5, 0.6) is 0 Å². The number of aliphatic imine (C=N–C) groups is 1. The van der Waals surface area contributed by atoms with E-state index in [1.807, 2.05) is 26.0 Å². The molecule has 1 heterocycles. The summed E-state index contributed by atoms with van der Waals surface area (Å²) < 4.78 is 5.52. The second-order valence-electron chi connectivity index (χ2n) is 5.97. The molecule has 0 spiro atoms. The molecule has 1 amide bonds. The van der Waals surface area contributed by atoms with E-state index in [9.17, 15) is 4.79 Å². The van der Waals surface area contributed by atoms with Crippen molar-refractivity contribution in [2.75, 3.05) is 38.2 Å². The van der Waals surface area contributed by atoms with Gasteiger partial charge >= 0.3 is 0 Å². The first-order valence-electron chi connectivity index (χ1n) is 9.49.